The summed E-state index contributed by atoms with van der Waals surface area (Å²) in [4.78, 5) is 27.1. The summed E-state index contributed by atoms with van der Waals surface area (Å²) in [6.07, 6.45) is 18.6. The van der Waals surface area contributed by atoms with Crippen LogP contribution in [0.25, 0.3) is 0 Å². The molecule has 18 heteroatoms. The van der Waals surface area contributed by atoms with Gasteiger partial charge in [0, 0.05) is 12.0 Å². The van der Waals surface area contributed by atoms with Crippen LogP contribution in [0.3, 0.4) is 0 Å². The van der Waals surface area contributed by atoms with Gasteiger partial charge >= 0.3 is 41.5 Å². The number of esters is 2. The van der Waals surface area contributed by atoms with Gasteiger partial charge in [0.2, 0.25) is 16.7 Å². The van der Waals surface area contributed by atoms with E-state index < -0.39 is 97.0 Å². The van der Waals surface area contributed by atoms with E-state index in [2.05, 4.69) is 18.0 Å². The zero-order chi connectivity index (χ0) is 50.9. The summed E-state index contributed by atoms with van der Waals surface area (Å²) in [6, 6.07) is 0. The number of hydrogen-bond donors (Lipinski definition) is 5. The van der Waals surface area contributed by atoms with E-state index in [0.717, 1.165) is 51.4 Å². The fraction of sp³-hybridized carbons (Fsp3) is 0.923. The molecule has 2 saturated heterocycles. The maximum atomic E-state index is 13.8. The molecule has 0 amide bonds. The van der Waals surface area contributed by atoms with Gasteiger partial charge in [-0.15, -0.1) is 0 Å². The molecule has 16 nitrogen and oxygen atoms in total. The van der Waals surface area contributed by atoms with E-state index in [1.807, 2.05) is 6.92 Å². The maximum absolute atomic E-state index is 13.8. The summed E-state index contributed by atoms with van der Waals surface area (Å²) < 4.78 is 68.4. The molecule has 0 aromatic rings. The van der Waals surface area contributed by atoms with Gasteiger partial charge in [0.1, 0.15) is 30.5 Å². The van der Waals surface area contributed by atoms with Crippen LogP contribution in [-0.4, -0.2) is 125 Å². The number of aliphatic hydroxyl groups excluding tert-OH is 5. The molecule has 0 unspecified atom stereocenters. The van der Waals surface area contributed by atoms with Crippen molar-refractivity contribution in [2.45, 2.75) is 288 Å². The molecule has 0 aromatic carbocycles. The van der Waals surface area contributed by atoms with Crippen LogP contribution in [-0.2, 0) is 47.9 Å². The van der Waals surface area contributed by atoms with E-state index in [1.54, 1.807) is 13.0 Å². The van der Waals surface area contributed by atoms with Crippen molar-refractivity contribution in [2.75, 3.05) is 13.2 Å². The van der Waals surface area contributed by atoms with Crippen LogP contribution in [0.15, 0.2) is 11.6 Å². The van der Waals surface area contributed by atoms with Crippen LogP contribution in [0.1, 0.15) is 227 Å². The van der Waals surface area contributed by atoms with Crippen LogP contribution in [0.5, 0.6) is 0 Å². The van der Waals surface area contributed by atoms with Crippen molar-refractivity contribution < 1.29 is 106 Å². The van der Waals surface area contributed by atoms with Crippen molar-refractivity contribution in [3.05, 3.63) is 11.6 Å². The quantitative estimate of drug-likeness (QED) is 0.0119. The summed E-state index contributed by atoms with van der Waals surface area (Å²) in [6.45, 7) is 6.26. The Kier molecular flexibility index (Phi) is 38.9. The van der Waals surface area contributed by atoms with Crippen molar-refractivity contribution >= 4 is 22.3 Å². The van der Waals surface area contributed by atoms with E-state index in [4.69, 9.17) is 23.7 Å². The predicted molar refractivity (Wildman–Crippen MR) is 262 cm³/mol. The minimum Gasteiger partial charge on any atom is -0.726 e. The molecular weight excluding hydrogens is 936 g/mol. The molecule has 5 N–H and O–H groups in total. The number of carbonyl (C=O) groups is 2. The van der Waals surface area contributed by atoms with E-state index in [9.17, 15) is 48.1 Å². The minimum atomic E-state index is -5.56. The first-order valence-electron chi connectivity index (χ1n) is 27.1. The van der Waals surface area contributed by atoms with Gasteiger partial charge in [0.15, 0.2) is 24.6 Å². The van der Waals surface area contributed by atoms with Crippen molar-refractivity contribution in [2.24, 2.45) is 5.92 Å². The average Bonchev–Trinajstić information content (AvgIpc) is 3.31. The Morgan fingerprint density at radius 2 is 0.957 bits per heavy atom. The Morgan fingerprint density at radius 3 is 1.37 bits per heavy atom. The molecule has 0 aromatic heterocycles. The Balaban J connectivity index is 0.0000245. The molecule has 70 heavy (non-hydrogen) atoms. The van der Waals surface area contributed by atoms with Crippen molar-refractivity contribution in [3.63, 3.8) is 0 Å². The molecule has 2 heterocycles. The summed E-state index contributed by atoms with van der Waals surface area (Å²) in [7, 11) is -5.56. The van der Waals surface area contributed by atoms with Crippen LogP contribution < -0.4 is 29.6 Å². The second-order valence-electron chi connectivity index (χ2n) is 19.8. The molecule has 406 valence electrons. The molecule has 2 fully saturated rings. The predicted octanol–water partition coefficient (Wildman–Crippen LogP) is 5.91. The Morgan fingerprint density at radius 1 is 0.571 bits per heavy atom. The summed E-state index contributed by atoms with van der Waals surface area (Å²) in [5.41, 5.74) is 0.194. The zero-order valence-corrected chi connectivity index (χ0v) is 46.7. The Bertz CT molecular complexity index is 1470. The maximum Gasteiger partial charge on any atom is 1.00 e. The molecule has 11 atom stereocenters. The van der Waals surface area contributed by atoms with Crippen molar-refractivity contribution in [3.8, 4) is 0 Å². The Labute approximate surface area is 444 Å². The second kappa shape index (κ2) is 40.5. The number of carbonyl (C=O) groups excluding carboxylic acids is 2. The van der Waals surface area contributed by atoms with Gasteiger partial charge in [0.05, 0.1) is 13.2 Å². The number of aliphatic hydroxyl groups is 5. The normalized spacial score (nSPS) is 25.6. The number of hydrogen-bond acceptors (Lipinski definition) is 16. The molecule has 2 aliphatic heterocycles. The fourth-order valence-electron chi connectivity index (χ4n) is 9.25. The third-order valence-corrected chi connectivity index (χ3v) is 13.9. The second-order valence-corrected chi connectivity index (χ2v) is 20.8. The number of unbranched alkanes of at least 4 members (excludes halogenated alkanes) is 27. The number of ether oxygens (including phenoxy) is 5. The van der Waals surface area contributed by atoms with Gasteiger partial charge in [-0.3, -0.25) is 8.98 Å². The van der Waals surface area contributed by atoms with Crippen LogP contribution in [0, 0.1) is 5.92 Å². The third kappa shape index (κ3) is 28.8. The van der Waals surface area contributed by atoms with E-state index in [0.29, 0.717) is 6.42 Å². The molecule has 0 saturated carbocycles. The van der Waals surface area contributed by atoms with Gasteiger partial charge in [-0.25, -0.2) is 13.2 Å². The first kappa shape index (κ1) is 67.2. The first-order chi connectivity index (χ1) is 33.2. The standard InChI is InChI=1S/C52H96O16S.Na/c1-5-7-9-11-13-15-17-19-20-21-23-24-26-28-30-32-34-39(3)36-40(4)50(59)66-49-47(65-43(55)35-33-31-29-27-25-22-18-16-14-12-10-8-6-2)45(57)42(38-54)64-52(49)67-51-48(68-69(60,61)62)46(58)44(56)41(37-53)63-51;/h36,39,41-42,44-49,51-54,56-58H,5-35,37-38H2,1-4H3,(H,60,61,62);/q;+1/p-1/b40-36+;/t39-,41+,42+,44+,45+,46-,47-,48+,49+,51+,52+;/m0./s1. The molecular formula is C52H95NaO16S. The molecule has 2 rings (SSSR count). The van der Waals surface area contributed by atoms with E-state index in [-0.39, 0.29) is 47.5 Å². The van der Waals surface area contributed by atoms with Crippen molar-refractivity contribution in [1.82, 2.24) is 0 Å². The van der Waals surface area contributed by atoms with Crippen LogP contribution >= 0.6 is 0 Å². The molecule has 2 aliphatic rings. The number of allylic oxidation sites excluding steroid dienone is 1. The monoisotopic (exact) mass is 1030 g/mol. The largest absolute Gasteiger partial charge is 1.00 e. The Hall–Kier alpha value is -0.770. The topological polar surface area (TPSA) is 248 Å². The summed E-state index contributed by atoms with van der Waals surface area (Å²) in [5, 5.41) is 52.6. The third-order valence-electron chi connectivity index (χ3n) is 13.5. The van der Waals surface area contributed by atoms with Crippen LogP contribution in [0.4, 0.5) is 0 Å². The average molecular weight is 1030 g/mol. The zero-order valence-electron chi connectivity index (χ0n) is 43.9. The molecule has 0 spiro atoms. The minimum absolute atomic E-state index is 0. The molecule has 0 bridgehead atoms. The van der Waals surface area contributed by atoms with Crippen LogP contribution in [0.2, 0.25) is 0 Å². The van der Waals surface area contributed by atoms with Gasteiger partial charge in [-0.05, 0) is 25.7 Å². The fourth-order valence-corrected chi connectivity index (χ4v) is 9.73. The smallest absolute Gasteiger partial charge is 0.726 e. The van der Waals surface area contributed by atoms with Gasteiger partial charge in [-0.1, -0.05) is 207 Å². The van der Waals surface area contributed by atoms with E-state index >= 15 is 0 Å². The van der Waals surface area contributed by atoms with Crippen molar-refractivity contribution in [1.29, 1.82) is 0 Å². The molecule has 0 radical (unpaired) electrons. The summed E-state index contributed by atoms with van der Waals surface area (Å²) >= 11 is 0. The van der Waals surface area contributed by atoms with Gasteiger partial charge in [0.25, 0.3) is 0 Å². The molecule has 0 aliphatic carbocycles. The first-order valence-corrected chi connectivity index (χ1v) is 28.5. The SMILES string of the molecule is CCCCCCCCCCCCCCCCCC[C@H](C)/C=C(\C)C(=O)O[C@H]1[C@@H](O[C@H]2O[C@H](CO)[C@@H](O)[C@H](O)[C@H]2OS(=O)(=O)[O-])O[C@H](CO)[C@@H](O)[C@@H]1OC(=O)CCCCCCCCCCCCCCC.[Na+]. The number of rotatable bonds is 41. The van der Waals surface area contributed by atoms with E-state index in [1.165, 1.54) is 135 Å². The van der Waals surface area contributed by atoms with Gasteiger partial charge in [-0.2, -0.15) is 0 Å². The van der Waals surface area contributed by atoms with Gasteiger partial charge < -0.3 is 53.8 Å². The summed E-state index contributed by atoms with van der Waals surface area (Å²) in [5.74, 6) is -1.62.